The minimum Gasteiger partial charge on any atom is -0.493 e. The Labute approximate surface area is 893 Å². The molecule has 30 atom stereocenters. The van der Waals surface area contributed by atoms with E-state index < -0.39 is 5.97 Å². The Morgan fingerprint density at radius 2 is 0.926 bits per heavy atom. The quantitative estimate of drug-likeness (QED) is 0.0448. The number of unbranched alkanes of at least 4 members (excludes halogenated alkanes) is 3. The van der Waals surface area contributed by atoms with Crippen LogP contribution in [0.2, 0.25) is 0 Å². The summed E-state index contributed by atoms with van der Waals surface area (Å²) < 4.78 is 12.1. The number of Topliss-reactive ketones (excluding diaryl/α,β-unsaturated/α-hetero) is 3. The molecule has 14 fully saturated rings. The maximum Gasteiger partial charge on any atom is 0.328 e. The number of allylic oxidation sites excluding steroid dienone is 19. The van der Waals surface area contributed by atoms with Crippen molar-refractivity contribution in [2.24, 2.45) is 149 Å². The largest absolute Gasteiger partial charge is 0.493 e. The maximum absolute atomic E-state index is 12.5. The summed E-state index contributed by atoms with van der Waals surface area (Å²) in [7, 11) is 0. The number of carbonyl (C=O) groups excluding carboxylic acids is 6. The fraction of sp³-hybridized carbons (Fsp3) is 0.711. The predicted molar refractivity (Wildman–Crippen MR) is 600 cm³/mol. The lowest BCUT2D eigenvalue weighted by atomic mass is 9.46. The highest BCUT2D eigenvalue weighted by Crippen LogP contribution is 2.73. The Kier molecular flexibility index (Phi) is 34.2. The van der Waals surface area contributed by atoms with Crippen molar-refractivity contribution in [3.05, 3.63) is 175 Å². The Morgan fingerprint density at radius 1 is 0.453 bits per heavy atom. The molecular formula is C135H194O13. The zero-order chi connectivity index (χ0) is 107. The summed E-state index contributed by atoms with van der Waals surface area (Å²) in [4.78, 5) is 83.3. The second-order valence-corrected chi connectivity index (χ2v) is 54.4. The lowest BCUT2D eigenvalue weighted by Crippen LogP contribution is -2.50. The number of benzene rings is 1. The number of hydrogen-bond acceptors (Lipinski definition) is 12. The average molecular weight is 2030 g/mol. The molecule has 20 aliphatic rings. The number of aliphatic hydroxyl groups is 3. The molecule has 0 heterocycles. The average Bonchev–Trinajstić information content (AvgIpc) is 1.53. The Bertz CT molecular complexity index is 5520. The van der Waals surface area contributed by atoms with E-state index in [0.717, 1.165) is 204 Å². The molecule has 812 valence electrons. The van der Waals surface area contributed by atoms with Gasteiger partial charge in [-0.05, 0) is 483 Å². The molecule has 0 amide bonds. The van der Waals surface area contributed by atoms with Gasteiger partial charge in [-0.2, -0.15) is 0 Å². The highest BCUT2D eigenvalue weighted by molar-refractivity contribution is 6.00. The number of aliphatic carboxylic acids is 1. The van der Waals surface area contributed by atoms with Crippen molar-refractivity contribution < 1.29 is 63.5 Å². The molecule has 21 rings (SSSR count). The molecule has 0 bridgehead atoms. The van der Waals surface area contributed by atoms with Gasteiger partial charge in [-0.1, -0.05) is 231 Å². The molecule has 0 aliphatic heterocycles. The summed E-state index contributed by atoms with van der Waals surface area (Å²) in [6.07, 6.45) is 71.9. The number of aliphatic hydroxyl groups excluding tert-OH is 3. The summed E-state index contributed by atoms with van der Waals surface area (Å²) in [5, 5.41) is 39.5. The first-order valence-corrected chi connectivity index (χ1v) is 59.8. The summed E-state index contributed by atoms with van der Waals surface area (Å²) in [5.74, 6) is 13.5. The molecule has 24 unspecified atom stereocenters. The highest BCUT2D eigenvalue weighted by atomic mass is 16.5. The third kappa shape index (κ3) is 20.8. The van der Waals surface area contributed by atoms with E-state index in [4.69, 9.17) is 14.6 Å². The number of ether oxygens (including phenoxy) is 2. The molecule has 14 saturated carbocycles. The van der Waals surface area contributed by atoms with Crippen molar-refractivity contribution in [2.45, 2.75) is 453 Å². The number of carbonyl (C=O) groups is 7. The van der Waals surface area contributed by atoms with E-state index in [-0.39, 0.29) is 74.1 Å². The number of hydrogen-bond donors (Lipinski definition) is 4. The third-order valence-corrected chi connectivity index (χ3v) is 46.2. The number of rotatable bonds is 14. The second-order valence-electron chi connectivity index (χ2n) is 54.4. The van der Waals surface area contributed by atoms with E-state index in [2.05, 4.69) is 192 Å². The van der Waals surface area contributed by atoms with Crippen LogP contribution in [-0.4, -0.2) is 92.3 Å². The Balaban J connectivity index is 0.000000127. The zero-order valence-corrected chi connectivity index (χ0v) is 96.2. The molecule has 1 aromatic carbocycles. The van der Waals surface area contributed by atoms with Crippen molar-refractivity contribution >= 4 is 46.4 Å². The van der Waals surface area contributed by atoms with Gasteiger partial charge < -0.3 is 29.9 Å². The molecule has 0 spiro atoms. The number of fused-ring (bicyclic) bond motifs is 25. The van der Waals surface area contributed by atoms with Crippen LogP contribution < -0.4 is 4.74 Å². The second kappa shape index (κ2) is 44.6. The molecule has 1 aromatic rings. The van der Waals surface area contributed by atoms with Crippen LogP contribution in [0.25, 0.3) is 5.57 Å². The van der Waals surface area contributed by atoms with Crippen molar-refractivity contribution in [3.8, 4) is 5.75 Å². The zero-order valence-electron chi connectivity index (χ0n) is 96.2. The fourth-order valence-corrected chi connectivity index (χ4v) is 38.0. The van der Waals surface area contributed by atoms with Gasteiger partial charge in [0, 0.05) is 44.2 Å². The van der Waals surface area contributed by atoms with E-state index in [0.29, 0.717) is 129 Å². The number of carboxylic acids is 1. The van der Waals surface area contributed by atoms with Crippen LogP contribution in [0.5, 0.6) is 5.75 Å². The molecule has 13 nitrogen and oxygen atoms in total. The minimum atomic E-state index is -0.928. The normalized spacial score (nSPS) is 42.1. The van der Waals surface area contributed by atoms with Gasteiger partial charge in [-0.25, -0.2) is 4.79 Å². The van der Waals surface area contributed by atoms with Gasteiger partial charge in [0.15, 0.2) is 28.9 Å². The van der Waals surface area contributed by atoms with Gasteiger partial charge in [-0.15, -0.1) is 0 Å². The van der Waals surface area contributed by atoms with Crippen LogP contribution in [0.4, 0.5) is 0 Å². The summed E-state index contributed by atoms with van der Waals surface area (Å²) >= 11 is 0. The Hall–Kier alpha value is -7.19. The van der Waals surface area contributed by atoms with Crippen molar-refractivity contribution in [1.82, 2.24) is 0 Å². The van der Waals surface area contributed by atoms with Crippen molar-refractivity contribution in [3.63, 3.8) is 0 Å². The summed E-state index contributed by atoms with van der Waals surface area (Å²) in [6.45, 7) is 53.9. The lowest BCUT2D eigenvalue weighted by molar-refractivity contribution is -0.144. The van der Waals surface area contributed by atoms with Gasteiger partial charge in [0.05, 0.1) is 24.9 Å². The molecule has 0 radical (unpaired) electrons. The summed E-state index contributed by atoms with van der Waals surface area (Å²) in [6, 6.07) is 4.54. The molecule has 20 aliphatic carbocycles. The van der Waals surface area contributed by atoms with Gasteiger partial charge in [0.1, 0.15) is 11.9 Å². The lowest BCUT2D eigenvalue weighted by Gasteiger charge is -2.58. The number of ketones is 5. The molecule has 13 heteroatoms. The SMILES string of the molecule is C/C=C1/C(=O)CC2C3CCC4=CC(=O)CC[C@]4(C)C3CC[C@]12C.C/C=C1/C(O)CC2C3CC=C4CC(O)CCC4(C)C3CCC12C.C/C=C1/C(OC(C)=O)CC2C3CC=C4CC(C)CCC4(C)C3CCC12C.C/C=C1\C(=O)CC2C3CCC4=CC(=O)CC[C@]4(C)C3CC[C@]12C.CC(=O)C1=CCC2C3CCC4=CC(O)CC[C@]4(C)C3CC[C@]12C.CCCCCCOc1c(\C(C)=C/C=C/C(C)=C\C(=O)O)cc(C(C)C)cc1C(C)C. The molecular weight excluding hydrogens is 1830 g/mol. The highest BCUT2D eigenvalue weighted by Gasteiger charge is 2.66. The van der Waals surface area contributed by atoms with Crippen molar-refractivity contribution in [1.29, 1.82) is 0 Å². The van der Waals surface area contributed by atoms with Gasteiger partial charge in [0.2, 0.25) is 0 Å². The Morgan fingerprint density at radius 3 is 1.43 bits per heavy atom. The van der Waals surface area contributed by atoms with Gasteiger partial charge in [0.25, 0.3) is 0 Å². The van der Waals surface area contributed by atoms with Crippen LogP contribution in [0.15, 0.2) is 159 Å². The topological polar surface area (TPSA) is 219 Å². The van der Waals surface area contributed by atoms with E-state index in [1.54, 1.807) is 26.3 Å². The van der Waals surface area contributed by atoms with Crippen LogP contribution >= 0.6 is 0 Å². The minimum absolute atomic E-state index is 0.0100. The van der Waals surface area contributed by atoms with Crippen LogP contribution in [0.1, 0.15) is 445 Å². The molecule has 148 heavy (non-hydrogen) atoms. The predicted octanol–water partition coefficient (Wildman–Crippen LogP) is 31.9. The first-order chi connectivity index (χ1) is 70.0. The van der Waals surface area contributed by atoms with Gasteiger partial charge in [-0.3, -0.25) is 28.8 Å². The first-order valence-electron chi connectivity index (χ1n) is 59.8. The van der Waals surface area contributed by atoms with E-state index >= 15 is 0 Å². The molecule has 0 aromatic heterocycles. The van der Waals surface area contributed by atoms with Crippen LogP contribution in [-0.2, 0) is 38.3 Å². The van der Waals surface area contributed by atoms with Crippen molar-refractivity contribution in [2.75, 3.05) is 6.61 Å². The van der Waals surface area contributed by atoms with E-state index in [1.807, 2.05) is 44.2 Å². The summed E-state index contributed by atoms with van der Waals surface area (Å²) in [5.41, 5.74) is 21.4. The van der Waals surface area contributed by atoms with E-state index in [1.165, 1.54) is 160 Å². The maximum atomic E-state index is 12.5. The van der Waals surface area contributed by atoms with Crippen LogP contribution in [0, 0.1) is 149 Å². The van der Waals surface area contributed by atoms with E-state index in [9.17, 15) is 48.9 Å². The standard InChI is InChI=1S/C27H40O3.C24H36O2.C21H30O2.C21H32O2.2C21H28O2/c1-8-9-10-11-15-30-27-24(20(4)5)17-23(19(2)3)18-25(27)22(7)14-12-13-21(6)16-26(28)29;1-6-19-22(26-16(3)25)14-21-18-8-7-17-13-15(2)9-11-23(17,4)20(18)10-12-24(19,21)5;1-13(22)17-6-7-18-16-5-4-14-12-15(23)8-10-20(14,2)19(16)9-11-21(17,18)3;3*1-4-16-19(23)12-18-15-6-5-13-11-14(22)7-9-20(13,2)17(15)8-10-21(16,18)3/h12-14,16-20H,8-11,15H2,1-7H3,(H,28,29);6-7,15,18,20-22H,8-14H2,1-5H3;6,12,15-16,18-19,23H,4-5,7-11H2,1-3H3;4-5,14-15,17-19,22-23H,6-12H2,1-3H3;2*4,11,15,17-18H,5-10,12H2,1-3H3/b13-12+,21-16-,22-14-;19-6-;;16-4-;16-4+;16-4-/t;;15?,16?,18?,19?,20-,21+;;2*15?,17?,18?,20-,21+/m..0.00/s1. The smallest absolute Gasteiger partial charge is 0.328 e. The van der Waals surface area contributed by atoms with Gasteiger partial charge >= 0.3 is 11.9 Å². The molecule has 4 N–H and O–H groups in total. The monoisotopic (exact) mass is 2020 g/mol. The molecule has 0 saturated heterocycles. The third-order valence-electron chi connectivity index (χ3n) is 46.2. The van der Waals surface area contributed by atoms with Crippen LogP contribution in [0.3, 0.4) is 0 Å². The number of esters is 1. The number of carboxylic acid groups (broad SMARTS) is 1. The fourth-order valence-electron chi connectivity index (χ4n) is 38.0. The first kappa shape index (κ1) is 113.